The topological polar surface area (TPSA) is 79.5 Å². The van der Waals surface area contributed by atoms with Crippen molar-refractivity contribution in [2.24, 2.45) is 0 Å². The van der Waals surface area contributed by atoms with Crippen molar-refractivity contribution in [3.8, 4) is 0 Å². The number of furan rings is 1. The number of carboxylic acid groups (broad SMARTS) is 1. The first kappa shape index (κ1) is 15.6. The highest BCUT2D eigenvalue weighted by atomic mass is 35.5. The molecule has 0 radical (unpaired) electrons. The summed E-state index contributed by atoms with van der Waals surface area (Å²) in [5.74, 6) is -1.82. The highest BCUT2D eigenvalue weighted by Gasteiger charge is 2.14. The summed E-state index contributed by atoms with van der Waals surface area (Å²) in [6.07, 6.45) is 2.70. The molecule has 0 saturated carbocycles. The van der Waals surface area contributed by atoms with E-state index in [1.165, 1.54) is 17.0 Å². The van der Waals surface area contributed by atoms with Crippen LogP contribution in [0, 0.1) is 0 Å². The van der Waals surface area contributed by atoms with Crippen molar-refractivity contribution in [3.05, 3.63) is 45.0 Å². The maximum absolute atomic E-state index is 11.7. The van der Waals surface area contributed by atoms with E-state index in [9.17, 15) is 9.59 Å². The van der Waals surface area contributed by atoms with Gasteiger partial charge in [0, 0.05) is 11.4 Å². The number of aromatic carboxylic acids is 1. The number of carboxylic acids is 1. The summed E-state index contributed by atoms with van der Waals surface area (Å²) in [5.41, 5.74) is 0. The van der Waals surface area contributed by atoms with Crippen LogP contribution in [0.25, 0.3) is 0 Å². The molecule has 0 atom stereocenters. The van der Waals surface area contributed by atoms with Crippen LogP contribution in [0.4, 0.5) is 0 Å². The summed E-state index contributed by atoms with van der Waals surface area (Å²) >= 11 is 7.41. The second-order valence-electron chi connectivity index (χ2n) is 4.39. The normalized spacial score (nSPS) is 10.5. The molecule has 0 aliphatic heterocycles. The van der Waals surface area contributed by atoms with E-state index in [0.717, 1.165) is 23.6 Å². The van der Waals surface area contributed by atoms with Gasteiger partial charge >= 0.3 is 5.97 Å². The lowest BCUT2D eigenvalue weighted by Crippen LogP contribution is -2.24. The molecule has 0 aromatic carbocycles. The average Bonchev–Trinajstić information content (AvgIpc) is 3.07. The van der Waals surface area contributed by atoms with E-state index in [1.807, 2.05) is 12.1 Å². The summed E-state index contributed by atoms with van der Waals surface area (Å²) in [4.78, 5) is 23.6. The Balaban J connectivity index is 1.68. The molecule has 5 nitrogen and oxygen atoms in total. The molecule has 21 heavy (non-hydrogen) atoms. The molecule has 2 aromatic rings. The molecule has 0 aliphatic carbocycles. The number of carbonyl (C=O) groups excluding carboxylic acids is 1. The molecule has 0 aliphatic rings. The Morgan fingerprint density at radius 1 is 1.19 bits per heavy atom. The SMILES string of the molecule is O=C(O)c1ccc(C(=O)NCCCCc2ccc(Cl)s2)o1. The fourth-order valence-corrected chi connectivity index (χ4v) is 2.90. The second kappa shape index (κ2) is 7.28. The zero-order valence-corrected chi connectivity index (χ0v) is 12.7. The Morgan fingerprint density at radius 2 is 1.95 bits per heavy atom. The van der Waals surface area contributed by atoms with Gasteiger partial charge in [-0.25, -0.2) is 4.79 Å². The summed E-state index contributed by atoms with van der Waals surface area (Å²) in [5, 5.41) is 11.4. The van der Waals surface area contributed by atoms with Gasteiger partial charge in [-0.2, -0.15) is 0 Å². The predicted octanol–water partition coefficient (Wildman–Crippen LogP) is 3.45. The maximum Gasteiger partial charge on any atom is 0.371 e. The fraction of sp³-hybridized carbons (Fsp3) is 0.286. The Hall–Kier alpha value is -1.79. The molecule has 0 spiro atoms. The molecule has 2 aromatic heterocycles. The largest absolute Gasteiger partial charge is 0.475 e. The minimum Gasteiger partial charge on any atom is -0.475 e. The van der Waals surface area contributed by atoms with E-state index in [1.54, 1.807) is 11.3 Å². The summed E-state index contributed by atoms with van der Waals surface area (Å²) < 4.78 is 5.69. The van der Waals surface area contributed by atoms with Gasteiger partial charge in [0.05, 0.1) is 4.34 Å². The lowest BCUT2D eigenvalue weighted by molar-refractivity contribution is 0.0659. The van der Waals surface area contributed by atoms with Gasteiger partial charge in [0.2, 0.25) is 5.76 Å². The third-order valence-corrected chi connectivity index (χ3v) is 4.10. The standard InChI is InChI=1S/C14H14ClNO4S/c15-12-7-4-9(21-12)3-1-2-8-16-13(17)10-5-6-11(20-10)14(18)19/h4-7H,1-3,8H2,(H,16,17)(H,18,19). The summed E-state index contributed by atoms with van der Waals surface area (Å²) in [7, 11) is 0. The van der Waals surface area contributed by atoms with Gasteiger partial charge < -0.3 is 14.8 Å². The first-order valence-electron chi connectivity index (χ1n) is 6.42. The number of rotatable bonds is 7. The molecular weight excluding hydrogens is 314 g/mol. The number of unbranched alkanes of at least 4 members (excludes halogenated alkanes) is 1. The van der Waals surface area contributed by atoms with Gasteiger partial charge in [0.25, 0.3) is 5.91 Å². The minimum atomic E-state index is -1.19. The smallest absolute Gasteiger partial charge is 0.371 e. The lowest BCUT2D eigenvalue weighted by Gasteiger charge is -2.02. The zero-order valence-electron chi connectivity index (χ0n) is 11.1. The van der Waals surface area contributed by atoms with Crippen molar-refractivity contribution in [2.45, 2.75) is 19.3 Å². The predicted molar refractivity (Wildman–Crippen MR) is 80.3 cm³/mol. The Labute approximate surface area is 130 Å². The highest BCUT2D eigenvalue weighted by Crippen LogP contribution is 2.22. The molecule has 0 bridgehead atoms. The van der Waals surface area contributed by atoms with Crippen molar-refractivity contribution in [1.82, 2.24) is 5.32 Å². The summed E-state index contributed by atoms with van der Waals surface area (Å²) in [6.45, 7) is 0.515. The zero-order chi connectivity index (χ0) is 15.2. The van der Waals surface area contributed by atoms with Crippen LogP contribution in [0.5, 0.6) is 0 Å². The van der Waals surface area contributed by atoms with Crippen molar-refractivity contribution in [2.75, 3.05) is 6.54 Å². The number of nitrogens with one attached hydrogen (secondary N) is 1. The first-order valence-corrected chi connectivity index (χ1v) is 7.61. The van der Waals surface area contributed by atoms with E-state index in [4.69, 9.17) is 21.1 Å². The van der Waals surface area contributed by atoms with Crippen molar-refractivity contribution in [3.63, 3.8) is 0 Å². The van der Waals surface area contributed by atoms with E-state index >= 15 is 0 Å². The van der Waals surface area contributed by atoms with Gasteiger partial charge in [-0.3, -0.25) is 4.79 Å². The van der Waals surface area contributed by atoms with E-state index in [-0.39, 0.29) is 11.5 Å². The van der Waals surface area contributed by atoms with E-state index in [0.29, 0.717) is 6.54 Å². The van der Waals surface area contributed by atoms with Gasteiger partial charge in [-0.05, 0) is 43.5 Å². The van der Waals surface area contributed by atoms with Crippen LogP contribution in [0.2, 0.25) is 4.34 Å². The Morgan fingerprint density at radius 3 is 2.57 bits per heavy atom. The van der Waals surface area contributed by atoms with E-state index < -0.39 is 11.9 Å². The van der Waals surface area contributed by atoms with Gasteiger partial charge in [0.1, 0.15) is 0 Å². The second-order valence-corrected chi connectivity index (χ2v) is 6.19. The van der Waals surface area contributed by atoms with Gasteiger partial charge in [-0.1, -0.05) is 11.6 Å². The first-order chi connectivity index (χ1) is 10.1. The molecule has 2 rings (SSSR count). The highest BCUT2D eigenvalue weighted by molar-refractivity contribution is 7.16. The molecule has 7 heteroatoms. The number of hydrogen-bond acceptors (Lipinski definition) is 4. The molecule has 2 heterocycles. The van der Waals surface area contributed by atoms with Crippen molar-refractivity contribution in [1.29, 1.82) is 0 Å². The molecule has 0 saturated heterocycles. The molecular formula is C14H14ClNO4S. The molecule has 1 amide bonds. The molecule has 0 unspecified atom stereocenters. The third kappa shape index (κ3) is 4.61. The van der Waals surface area contributed by atoms with Crippen molar-refractivity contribution < 1.29 is 19.1 Å². The quantitative estimate of drug-likeness (QED) is 0.763. The molecule has 0 fully saturated rings. The monoisotopic (exact) mass is 327 g/mol. The Kier molecular flexibility index (Phi) is 5.41. The summed E-state index contributed by atoms with van der Waals surface area (Å²) in [6, 6.07) is 6.49. The fourth-order valence-electron chi connectivity index (χ4n) is 1.77. The van der Waals surface area contributed by atoms with Gasteiger partial charge in [-0.15, -0.1) is 11.3 Å². The Bertz CT molecular complexity index is 634. The minimum absolute atomic E-state index is 0.0115. The number of hydrogen-bond donors (Lipinski definition) is 2. The van der Waals surface area contributed by atoms with Crippen LogP contribution in [0.1, 0.15) is 38.8 Å². The van der Waals surface area contributed by atoms with E-state index in [2.05, 4.69) is 5.32 Å². The van der Waals surface area contributed by atoms with Gasteiger partial charge in [0.15, 0.2) is 5.76 Å². The lowest BCUT2D eigenvalue weighted by atomic mass is 10.2. The average molecular weight is 328 g/mol. The van der Waals surface area contributed by atoms with Crippen LogP contribution in [0.15, 0.2) is 28.7 Å². The van der Waals surface area contributed by atoms with Crippen molar-refractivity contribution >= 4 is 34.8 Å². The van der Waals surface area contributed by atoms with Crippen LogP contribution < -0.4 is 5.32 Å². The van der Waals surface area contributed by atoms with Crippen LogP contribution in [-0.2, 0) is 6.42 Å². The molecule has 2 N–H and O–H groups in total. The number of halogens is 1. The number of carbonyl (C=O) groups is 2. The maximum atomic E-state index is 11.7. The third-order valence-electron chi connectivity index (χ3n) is 2.80. The van der Waals surface area contributed by atoms with Crippen LogP contribution >= 0.6 is 22.9 Å². The number of thiophene rings is 1. The molecule has 112 valence electrons. The van der Waals surface area contributed by atoms with Crippen LogP contribution in [-0.4, -0.2) is 23.5 Å². The number of amides is 1. The van der Waals surface area contributed by atoms with Crippen LogP contribution in [0.3, 0.4) is 0 Å². The number of aryl methyl sites for hydroxylation is 1.